The van der Waals surface area contributed by atoms with Gasteiger partial charge in [0, 0.05) is 15.5 Å². The molecule has 2 rings (SSSR count). The number of nitrogens with two attached hydrogens (primary N) is 1. The molecule has 18 heavy (non-hydrogen) atoms. The molecule has 0 fully saturated rings. The van der Waals surface area contributed by atoms with Gasteiger partial charge in [0.15, 0.2) is 0 Å². The zero-order valence-corrected chi connectivity index (χ0v) is 12.2. The van der Waals surface area contributed by atoms with Crippen molar-refractivity contribution in [1.82, 2.24) is 9.59 Å². The average molecular weight is 349 g/mol. The van der Waals surface area contributed by atoms with Crippen LogP contribution >= 0.6 is 27.5 Å². The van der Waals surface area contributed by atoms with Crippen LogP contribution in [0.25, 0.3) is 0 Å². The molecule has 6 nitrogen and oxygen atoms in total. The Labute approximate surface area is 117 Å². The summed E-state index contributed by atoms with van der Waals surface area (Å²) in [6.45, 7) is 0.518. The fourth-order valence-corrected chi connectivity index (χ4v) is 2.92. The minimum Gasteiger partial charge on any atom is -0.378 e. The molecule has 0 saturated carbocycles. The summed E-state index contributed by atoms with van der Waals surface area (Å²) in [6, 6.07) is 4.54. The number of nitrogens with one attached hydrogen (secondary N) is 1. The van der Waals surface area contributed by atoms with Crippen LogP contribution in [-0.4, -0.2) is 18.0 Å². The van der Waals surface area contributed by atoms with E-state index in [1.165, 1.54) is 23.7 Å². The Morgan fingerprint density at radius 3 is 2.78 bits per heavy atom. The molecule has 0 aliphatic carbocycles. The molecule has 2 aromatic rings. The molecule has 0 amide bonds. The molecule has 96 valence electrons. The Morgan fingerprint density at radius 1 is 1.44 bits per heavy atom. The van der Waals surface area contributed by atoms with Gasteiger partial charge in [-0.15, -0.1) is 5.10 Å². The molecule has 1 aromatic carbocycles. The second kappa shape index (κ2) is 5.31. The number of sulfonamides is 1. The minimum absolute atomic E-state index is 0.0650. The predicted octanol–water partition coefficient (Wildman–Crippen LogP) is 1.56. The van der Waals surface area contributed by atoms with Gasteiger partial charge in [0.25, 0.3) is 0 Å². The van der Waals surface area contributed by atoms with Gasteiger partial charge in [0.05, 0.1) is 17.1 Å². The molecule has 0 saturated heterocycles. The lowest BCUT2D eigenvalue weighted by Crippen LogP contribution is -2.12. The highest BCUT2D eigenvalue weighted by atomic mass is 79.9. The van der Waals surface area contributed by atoms with E-state index in [1.807, 2.05) is 5.38 Å². The quantitative estimate of drug-likeness (QED) is 0.873. The molecular formula is C9H9BrN4O2S2. The van der Waals surface area contributed by atoms with Gasteiger partial charge in [-0.2, -0.15) is 0 Å². The maximum Gasteiger partial charge on any atom is 0.238 e. The van der Waals surface area contributed by atoms with E-state index in [0.717, 1.165) is 11.4 Å². The number of primary sulfonamides is 1. The van der Waals surface area contributed by atoms with E-state index in [1.54, 1.807) is 6.07 Å². The Morgan fingerprint density at radius 2 is 2.22 bits per heavy atom. The number of nitrogens with zero attached hydrogens (tertiary/aromatic N) is 2. The summed E-state index contributed by atoms with van der Waals surface area (Å²) in [4.78, 5) is 0.0650. The van der Waals surface area contributed by atoms with Gasteiger partial charge >= 0.3 is 0 Å². The first kappa shape index (κ1) is 13.4. The van der Waals surface area contributed by atoms with Crippen LogP contribution in [0.4, 0.5) is 5.69 Å². The van der Waals surface area contributed by atoms with E-state index in [-0.39, 0.29) is 4.90 Å². The first-order valence-corrected chi connectivity index (χ1v) is 7.96. The molecule has 0 radical (unpaired) electrons. The number of hydrogen-bond acceptors (Lipinski definition) is 6. The van der Waals surface area contributed by atoms with Gasteiger partial charge in [-0.1, -0.05) is 4.49 Å². The smallest absolute Gasteiger partial charge is 0.238 e. The number of benzene rings is 1. The zero-order chi connectivity index (χ0) is 13.2. The maximum absolute atomic E-state index is 11.2. The summed E-state index contributed by atoms with van der Waals surface area (Å²) in [5.74, 6) is 0. The molecule has 0 bridgehead atoms. The minimum atomic E-state index is -3.68. The largest absolute Gasteiger partial charge is 0.378 e. The number of rotatable bonds is 4. The second-order valence-corrected chi connectivity index (χ2v) is 6.46. The highest BCUT2D eigenvalue weighted by Gasteiger charge is 2.10. The van der Waals surface area contributed by atoms with Crippen LogP contribution in [0.3, 0.4) is 0 Å². The summed E-state index contributed by atoms with van der Waals surface area (Å²) in [5, 5.41) is 13.9. The molecule has 9 heteroatoms. The lowest BCUT2D eigenvalue weighted by molar-refractivity contribution is 0.598. The van der Waals surface area contributed by atoms with E-state index >= 15 is 0 Å². The number of aromatic nitrogens is 2. The Hall–Kier alpha value is -1.03. The fourth-order valence-electron chi connectivity index (χ4n) is 1.26. The van der Waals surface area contributed by atoms with Gasteiger partial charge in [0.1, 0.15) is 0 Å². The topological polar surface area (TPSA) is 98.0 Å². The summed E-state index contributed by atoms with van der Waals surface area (Å²) in [7, 11) is -3.68. The zero-order valence-electron chi connectivity index (χ0n) is 9.00. The van der Waals surface area contributed by atoms with Crippen molar-refractivity contribution < 1.29 is 8.42 Å². The Kier molecular flexibility index (Phi) is 3.95. The van der Waals surface area contributed by atoms with E-state index < -0.39 is 10.0 Å². The summed E-state index contributed by atoms with van der Waals surface area (Å²) in [6.07, 6.45) is 0. The second-order valence-electron chi connectivity index (χ2n) is 3.44. The molecule has 1 heterocycles. The van der Waals surface area contributed by atoms with Crippen LogP contribution in [0.2, 0.25) is 0 Å². The first-order valence-electron chi connectivity index (χ1n) is 4.79. The van der Waals surface area contributed by atoms with Gasteiger partial charge in [0.2, 0.25) is 10.0 Å². The van der Waals surface area contributed by atoms with Crippen molar-refractivity contribution in [2.75, 3.05) is 5.32 Å². The van der Waals surface area contributed by atoms with Crippen molar-refractivity contribution in [3.8, 4) is 0 Å². The third-order valence-electron chi connectivity index (χ3n) is 2.13. The van der Waals surface area contributed by atoms with E-state index in [0.29, 0.717) is 11.0 Å². The van der Waals surface area contributed by atoms with Gasteiger partial charge in [-0.05, 0) is 45.7 Å². The van der Waals surface area contributed by atoms with Gasteiger partial charge in [-0.3, -0.25) is 0 Å². The number of hydrogen-bond donors (Lipinski definition) is 2. The summed E-state index contributed by atoms with van der Waals surface area (Å²) >= 11 is 4.56. The monoisotopic (exact) mass is 348 g/mol. The molecule has 0 aliphatic heterocycles. The highest BCUT2D eigenvalue weighted by Crippen LogP contribution is 2.25. The summed E-state index contributed by atoms with van der Waals surface area (Å²) in [5.41, 5.74) is 1.58. The molecule has 0 aliphatic rings. The molecule has 3 N–H and O–H groups in total. The van der Waals surface area contributed by atoms with Crippen LogP contribution < -0.4 is 10.5 Å². The summed E-state index contributed by atoms with van der Waals surface area (Å²) < 4.78 is 26.7. The lowest BCUT2D eigenvalue weighted by atomic mass is 10.3. The van der Waals surface area contributed by atoms with E-state index in [2.05, 4.69) is 30.8 Å². The van der Waals surface area contributed by atoms with Crippen molar-refractivity contribution in [3.63, 3.8) is 0 Å². The van der Waals surface area contributed by atoms with Crippen LogP contribution in [0.5, 0.6) is 0 Å². The SMILES string of the molecule is NS(=O)(=O)c1ccc(NCc2csnn2)c(Br)c1. The third kappa shape index (κ3) is 3.25. The third-order valence-corrected chi connectivity index (χ3v) is 4.25. The number of anilines is 1. The lowest BCUT2D eigenvalue weighted by Gasteiger charge is -2.08. The van der Waals surface area contributed by atoms with Gasteiger partial charge in [-0.25, -0.2) is 13.6 Å². The van der Waals surface area contributed by atoms with Crippen LogP contribution in [0.15, 0.2) is 32.9 Å². The van der Waals surface area contributed by atoms with Crippen LogP contribution in [0, 0.1) is 0 Å². The average Bonchev–Trinajstić information content (AvgIpc) is 2.79. The Bertz CT molecular complexity index is 643. The molecule has 0 atom stereocenters. The predicted molar refractivity (Wildman–Crippen MR) is 72.8 cm³/mol. The standard InChI is InChI=1S/C9H9BrN4O2S2/c10-8-3-7(18(11,15)16)1-2-9(8)12-4-6-5-17-14-13-6/h1-3,5,12H,4H2,(H2,11,15,16). The van der Waals surface area contributed by atoms with Crippen molar-refractivity contribution in [2.45, 2.75) is 11.4 Å². The van der Waals surface area contributed by atoms with Crippen molar-refractivity contribution in [2.24, 2.45) is 5.14 Å². The van der Waals surface area contributed by atoms with E-state index in [4.69, 9.17) is 5.14 Å². The van der Waals surface area contributed by atoms with E-state index in [9.17, 15) is 8.42 Å². The molecule has 1 aromatic heterocycles. The van der Waals surface area contributed by atoms with Crippen LogP contribution in [-0.2, 0) is 16.6 Å². The fraction of sp³-hybridized carbons (Fsp3) is 0.111. The first-order chi connectivity index (χ1) is 8.47. The highest BCUT2D eigenvalue weighted by molar-refractivity contribution is 9.10. The molecular weight excluding hydrogens is 340 g/mol. The maximum atomic E-state index is 11.2. The van der Waals surface area contributed by atoms with Crippen LogP contribution in [0.1, 0.15) is 5.69 Å². The molecule has 0 unspecified atom stereocenters. The Balaban J connectivity index is 2.15. The molecule has 0 spiro atoms. The van der Waals surface area contributed by atoms with Crippen molar-refractivity contribution in [3.05, 3.63) is 33.7 Å². The van der Waals surface area contributed by atoms with Crippen molar-refractivity contribution in [1.29, 1.82) is 0 Å². The normalized spacial score (nSPS) is 11.4. The van der Waals surface area contributed by atoms with Gasteiger partial charge < -0.3 is 5.32 Å². The van der Waals surface area contributed by atoms with Crippen molar-refractivity contribution >= 4 is 43.2 Å². The number of halogens is 1.